The predicted molar refractivity (Wildman–Crippen MR) is 186 cm³/mol. The van der Waals surface area contributed by atoms with Crippen LogP contribution in [0.25, 0.3) is 0 Å². The number of rotatable bonds is 5. The summed E-state index contributed by atoms with van der Waals surface area (Å²) in [6, 6.07) is 18.8. The van der Waals surface area contributed by atoms with Crippen LogP contribution in [-0.4, -0.2) is 27.9 Å². The summed E-state index contributed by atoms with van der Waals surface area (Å²) in [6.45, 7) is 1.34. The number of carbonyl (C=O) groups excluding carboxylic acids is 3. The number of phenols is 2. The van der Waals surface area contributed by atoms with Gasteiger partial charge in [0.25, 0.3) is 11.8 Å². The van der Waals surface area contributed by atoms with Crippen molar-refractivity contribution in [3.8, 4) is 11.5 Å². The molecule has 16 heteroatoms. The highest BCUT2D eigenvalue weighted by Crippen LogP contribution is 2.33. The fourth-order valence-corrected chi connectivity index (χ4v) is 4.17. The van der Waals surface area contributed by atoms with Gasteiger partial charge in [0.1, 0.15) is 17.3 Å². The summed E-state index contributed by atoms with van der Waals surface area (Å²) in [5.74, 6) is -2.08. The molecule has 11 N–H and O–H groups in total. The number of furan rings is 1. The van der Waals surface area contributed by atoms with E-state index in [4.69, 9.17) is 56.4 Å². The molecule has 0 saturated carbocycles. The van der Waals surface area contributed by atoms with Crippen LogP contribution in [0.2, 0.25) is 15.1 Å². The van der Waals surface area contributed by atoms with Crippen molar-refractivity contribution in [2.24, 2.45) is 0 Å². The number of anilines is 6. The zero-order valence-corrected chi connectivity index (χ0v) is 27.1. The van der Waals surface area contributed by atoms with Gasteiger partial charge in [-0.2, -0.15) is 0 Å². The van der Waals surface area contributed by atoms with Crippen LogP contribution in [0.1, 0.15) is 27.8 Å². The summed E-state index contributed by atoms with van der Waals surface area (Å²) in [5.41, 5.74) is 18.1. The van der Waals surface area contributed by atoms with Gasteiger partial charge in [-0.15, -0.1) is 0 Å². The molecular formula is C32H28Cl3FN6O6. The van der Waals surface area contributed by atoms with Gasteiger partial charge in [-0.1, -0.05) is 46.9 Å². The number of phenolic OH excluding ortho intramolecular Hbond substituents is 2. The Morgan fingerprint density at radius 2 is 1.25 bits per heavy atom. The first kappa shape index (κ1) is 36.8. The quantitative estimate of drug-likeness (QED) is 0.0671. The van der Waals surface area contributed by atoms with E-state index in [1.54, 1.807) is 30.3 Å². The molecule has 1 heterocycles. The Morgan fingerprint density at radius 3 is 1.77 bits per heavy atom. The smallest absolute Gasteiger partial charge is 0.291 e. The number of hydrogen-bond donors (Lipinski definition) is 8. The third-order valence-electron chi connectivity index (χ3n) is 5.89. The standard InChI is InChI=1S/C13H10ClFN2O2.C11H9ClN2O2.C8H9ClN2O2/c14-8-5-11(12(18)6-10(8)16)17-13(19)7-3-1-2-4-9(7)15;12-8-6-7(13)3-4-9(8)14-11(15)10-2-1-5-16-10;1-4(12)11-7-2-5(9)6(10)3-8(7)13/h1-6,18H,16H2,(H,17,19);1-6H,13H2,(H,14,15);2-3,13H,10H2,1H3,(H,11,12). The molecule has 0 bridgehead atoms. The average molecular weight is 718 g/mol. The topological polar surface area (TPSA) is 219 Å². The number of nitrogens with two attached hydrogens (primary N) is 3. The highest BCUT2D eigenvalue weighted by Gasteiger charge is 2.14. The van der Waals surface area contributed by atoms with Crippen LogP contribution in [0.5, 0.6) is 11.5 Å². The maximum Gasteiger partial charge on any atom is 0.291 e. The number of carbonyl (C=O) groups is 3. The molecule has 1 aromatic heterocycles. The fourth-order valence-electron chi connectivity index (χ4n) is 3.61. The van der Waals surface area contributed by atoms with Gasteiger partial charge in [-0.05, 0) is 54.6 Å². The van der Waals surface area contributed by atoms with Crippen molar-refractivity contribution in [1.82, 2.24) is 0 Å². The lowest BCUT2D eigenvalue weighted by molar-refractivity contribution is -0.114. The zero-order chi connectivity index (χ0) is 35.5. The Balaban J connectivity index is 0.000000199. The third-order valence-corrected chi connectivity index (χ3v) is 6.86. The molecule has 48 heavy (non-hydrogen) atoms. The summed E-state index contributed by atoms with van der Waals surface area (Å²) in [5, 5.41) is 27.2. The Hall–Kier alpha value is -5.63. The maximum atomic E-state index is 13.4. The molecule has 250 valence electrons. The lowest BCUT2D eigenvalue weighted by atomic mass is 10.2. The van der Waals surface area contributed by atoms with Crippen LogP contribution in [0.4, 0.5) is 38.5 Å². The molecule has 0 aliphatic rings. The van der Waals surface area contributed by atoms with Gasteiger partial charge < -0.3 is 47.8 Å². The molecular weight excluding hydrogens is 690 g/mol. The van der Waals surface area contributed by atoms with Crippen LogP contribution >= 0.6 is 34.8 Å². The van der Waals surface area contributed by atoms with E-state index in [0.717, 1.165) is 0 Å². The maximum absolute atomic E-state index is 13.4. The Labute approximate surface area is 288 Å². The molecule has 0 spiro atoms. The van der Waals surface area contributed by atoms with Crippen molar-refractivity contribution in [2.75, 3.05) is 33.2 Å². The number of benzene rings is 4. The van der Waals surface area contributed by atoms with Crippen LogP contribution in [0.15, 0.2) is 89.5 Å². The van der Waals surface area contributed by atoms with Crippen LogP contribution in [0.3, 0.4) is 0 Å². The van der Waals surface area contributed by atoms with Crippen molar-refractivity contribution >= 4 is 86.6 Å². The SMILES string of the molecule is CC(=O)Nc1cc(Cl)c(N)cc1O.Nc1cc(O)c(NC(=O)c2ccccc2F)cc1Cl.Nc1ccc(NC(=O)c2ccco2)c(Cl)c1. The first-order chi connectivity index (χ1) is 22.7. The van der Waals surface area contributed by atoms with Gasteiger partial charge in [-0.3, -0.25) is 14.4 Å². The molecule has 0 unspecified atom stereocenters. The number of nitrogens with one attached hydrogen (secondary N) is 3. The van der Waals surface area contributed by atoms with Crippen LogP contribution < -0.4 is 33.2 Å². The molecule has 4 aromatic carbocycles. The highest BCUT2D eigenvalue weighted by atomic mass is 35.5. The molecule has 5 rings (SSSR count). The largest absolute Gasteiger partial charge is 0.506 e. The second-order valence-electron chi connectivity index (χ2n) is 9.57. The summed E-state index contributed by atoms with van der Waals surface area (Å²) in [6.07, 6.45) is 1.43. The van der Waals surface area contributed by atoms with Crippen LogP contribution in [0, 0.1) is 5.82 Å². The monoisotopic (exact) mass is 716 g/mol. The zero-order valence-electron chi connectivity index (χ0n) is 24.9. The van der Waals surface area contributed by atoms with E-state index in [1.165, 1.54) is 61.7 Å². The second kappa shape index (κ2) is 16.8. The minimum Gasteiger partial charge on any atom is -0.506 e. The van der Waals surface area contributed by atoms with E-state index < -0.39 is 11.7 Å². The van der Waals surface area contributed by atoms with Crippen molar-refractivity contribution in [2.45, 2.75) is 6.92 Å². The minimum atomic E-state index is -0.686. The molecule has 0 saturated heterocycles. The van der Waals surface area contributed by atoms with E-state index in [-0.39, 0.29) is 62.4 Å². The second-order valence-corrected chi connectivity index (χ2v) is 10.8. The molecule has 0 radical (unpaired) electrons. The number of hydrogen-bond acceptors (Lipinski definition) is 9. The van der Waals surface area contributed by atoms with Crippen molar-refractivity contribution in [1.29, 1.82) is 0 Å². The molecule has 5 aromatic rings. The summed E-state index contributed by atoms with van der Waals surface area (Å²) >= 11 is 17.4. The first-order valence-electron chi connectivity index (χ1n) is 13.5. The van der Waals surface area contributed by atoms with Gasteiger partial charge in [0.15, 0.2) is 5.76 Å². The summed E-state index contributed by atoms with van der Waals surface area (Å²) in [4.78, 5) is 34.1. The van der Waals surface area contributed by atoms with Gasteiger partial charge in [0, 0.05) is 24.7 Å². The molecule has 12 nitrogen and oxygen atoms in total. The van der Waals surface area contributed by atoms with Crippen molar-refractivity contribution < 1.29 is 33.4 Å². The van der Waals surface area contributed by atoms with E-state index in [0.29, 0.717) is 21.4 Å². The first-order valence-corrected chi connectivity index (χ1v) is 14.6. The average Bonchev–Trinajstić information content (AvgIpc) is 3.56. The molecule has 3 amide bonds. The molecule has 0 aliphatic heterocycles. The van der Waals surface area contributed by atoms with Gasteiger partial charge in [0.05, 0.1) is 55.3 Å². The van der Waals surface area contributed by atoms with Gasteiger partial charge in [-0.25, -0.2) is 4.39 Å². The van der Waals surface area contributed by atoms with Gasteiger partial charge in [0.2, 0.25) is 5.91 Å². The fraction of sp³-hybridized carbons (Fsp3) is 0.0312. The normalized spacial score (nSPS) is 10.0. The Morgan fingerprint density at radius 1 is 0.688 bits per heavy atom. The lowest BCUT2D eigenvalue weighted by Crippen LogP contribution is -2.13. The van der Waals surface area contributed by atoms with E-state index in [9.17, 15) is 29.0 Å². The third kappa shape index (κ3) is 10.5. The number of nitrogen functional groups attached to an aromatic ring is 3. The Bertz CT molecular complexity index is 1940. The molecule has 0 aliphatic carbocycles. The number of aromatic hydroxyl groups is 2. The number of halogens is 4. The Kier molecular flexibility index (Phi) is 12.9. The van der Waals surface area contributed by atoms with E-state index >= 15 is 0 Å². The van der Waals surface area contributed by atoms with Crippen molar-refractivity contribution in [3.63, 3.8) is 0 Å². The molecule has 0 fully saturated rings. The summed E-state index contributed by atoms with van der Waals surface area (Å²) < 4.78 is 18.4. The van der Waals surface area contributed by atoms with Gasteiger partial charge >= 0.3 is 0 Å². The van der Waals surface area contributed by atoms with Crippen molar-refractivity contribution in [3.05, 3.63) is 117 Å². The number of amides is 3. The van der Waals surface area contributed by atoms with E-state index in [2.05, 4.69) is 16.0 Å². The summed E-state index contributed by atoms with van der Waals surface area (Å²) in [7, 11) is 0. The minimum absolute atomic E-state index is 0.0625. The predicted octanol–water partition coefficient (Wildman–Crippen LogP) is 7.37. The lowest BCUT2D eigenvalue weighted by Gasteiger charge is -2.09. The van der Waals surface area contributed by atoms with Crippen LogP contribution in [-0.2, 0) is 4.79 Å². The van der Waals surface area contributed by atoms with E-state index in [1.807, 2.05) is 0 Å². The highest BCUT2D eigenvalue weighted by molar-refractivity contribution is 6.34. The molecule has 0 atom stereocenters.